The molecule has 1 aromatic carbocycles. The summed E-state index contributed by atoms with van der Waals surface area (Å²) in [4.78, 5) is 24.8. The zero-order valence-electron chi connectivity index (χ0n) is 17.1. The Labute approximate surface area is 175 Å². The van der Waals surface area contributed by atoms with Gasteiger partial charge >= 0.3 is 5.97 Å². The Morgan fingerprint density at radius 3 is 2.57 bits per heavy atom. The molecule has 10 heteroatoms. The minimum absolute atomic E-state index is 0.0443. The van der Waals surface area contributed by atoms with E-state index in [9.17, 15) is 18.0 Å². The number of benzene rings is 1. The SMILES string of the molecule is CCOC(=O)c1cc(S(=O)(=O)N2CCC[C@@H]2C(=O)Nc2ccc(OC)cc2)cn1C. The van der Waals surface area contributed by atoms with Crippen LogP contribution in [0.3, 0.4) is 0 Å². The Morgan fingerprint density at radius 1 is 1.23 bits per heavy atom. The first-order chi connectivity index (χ1) is 14.3. The quantitative estimate of drug-likeness (QED) is 0.667. The van der Waals surface area contributed by atoms with Crippen molar-refractivity contribution in [3.8, 4) is 5.75 Å². The summed E-state index contributed by atoms with van der Waals surface area (Å²) in [5.41, 5.74) is 0.684. The average molecular weight is 436 g/mol. The van der Waals surface area contributed by atoms with Crippen LogP contribution in [0.4, 0.5) is 5.69 Å². The van der Waals surface area contributed by atoms with Crippen molar-refractivity contribution in [2.45, 2.75) is 30.7 Å². The number of hydrogen-bond acceptors (Lipinski definition) is 6. The summed E-state index contributed by atoms with van der Waals surface area (Å²) in [5.74, 6) is -0.348. The topological polar surface area (TPSA) is 107 Å². The van der Waals surface area contributed by atoms with Crippen LogP contribution >= 0.6 is 0 Å². The molecule has 30 heavy (non-hydrogen) atoms. The molecule has 2 aromatic rings. The van der Waals surface area contributed by atoms with E-state index in [-0.39, 0.29) is 23.7 Å². The smallest absolute Gasteiger partial charge is 0.354 e. The summed E-state index contributed by atoms with van der Waals surface area (Å²) in [6.45, 7) is 2.09. The van der Waals surface area contributed by atoms with Crippen LogP contribution in [0.5, 0.6) is 5.75 Å². The van der Waals surface area contributed by atoms with Crippen molar-refractivity contribution in [2.75, 3.05) is 25.6 Å². The average Bonchev–Trinajstić information content (AvgIpc) is 3.36. The zero-order chi connectivity index (χ0) is 21.9. The fourth-order valence-electron chi connectivity index (χ4n) is 3.41. The van der Waals surface area contributed by atoms with E-state index in [0.29, 0.717) is 24.3 Å². The number of rotatable bonds is 7. The van der Waals surface area contributed by atoms with Gasteiger partial charge in [-0.2, -0.15) is 4.31 Å². The van der Waals surface area contributed by atoms with Crippen molar-refractivity contribution >= 4 is 27.6 Å². The van der Waals surface area contributed by atoms with Gasteiger partial charge in [-0.3, -0.25) is 4.79 Å². The minimum atomic E-state index is -3.96. The Balaban J connectivity index is 1.80. The highest BCUT2D eigenvalue weighted by Crippen LogP contribution is 2.28. The molecule has 1 fully saturated rings. The van der Waals surface area contributed by atoms with Crippen molar-refractivity contribution in [3.63, 3.8) is 0 Å². The normalized spacial score (nSPS) is 17.0. The van der Waals surface area contributed by atoms with Gasteiger partial charge in [0, 0.05) is 25.5 Å². The van der Waals surface area contributed by atoms with Gasteiger partial charge in [-0.1, -0.05) is 0 Å². The lowest BCUT2D eigenvalue weighted by atomic mass is 10.2. The maximum absolute atomic E-state index is 13.2. The standard InChI is InChI=1S/C20H25N3O6S/c1-4-29-20(25)18-12-16(13-22(18)2)30(26,27)23-11-5-6-17(23)19(24)21-14-7-9-15(28-3)10-8-14/h7-10,12-13,17H,4-6,11H2,1-3H3,(H,21,24)/t17-/m1/s1. The maximum Gasteiger partial charge on any atom is 0.354 e. The molecule has 0 unspecified atom stereocenters. The van der Waals surface area contributed by atoms with Crippen LogP contribution in [0.1, 0.15) is 30.3 Å². The second kappa shape index (κ2) is 8.88. The minimum Gasteiger partial charge on any atom is -0.497 e. The third-order valence-corrected chi connectivity index (χ3v) is 6.81. The van der Waals surface area contributed by atoms with E-state index in [1.54, 1.807) is 45.3 Å². The molecule has 0 spiro atoms. The summed E-state index contributed by atoms with van der Waals surface area (Å²) >= 11 is 0. The second-order valence-corrected chi connectivity index (χ2v) is 8.77. The molecule has 1 aliphatic rings. The number of hydrogen-bond donors (Lipinski definition) is 1. The first kappa shape index (κ1) is 21.8. The molecule has 1 saturated heterocycles. The molecular weight excluding hydrogens is 410 g/mol. The summed E-state index contributed by atoms with van der Waals surface area (Å²) in [5, 5.41) is 2.76. The van der Waals surface area contributed by atoms with E-state index >= 15 is 0 Å². The van der Waals surface area contributed by atoms with Crippen LogP contribution in [-0.2, 0) is 26.6 Å². The van der Waals surface area contributed by atoms with Crippen LogP contribution < -0.4 is 10.1 Å². The number of esters is 1. The molecule has 0 radical (unpaired) electrons. The maximum atomic E-state index is 13.2. The highest BCUT2D eigenvalue weighted by molar-refractivity contribution is 7.89. The number of methoxy groups -OCH3 is 1. The van der Waals surface area contributed by atoms with Gasteiger partial charge in [-0.25, -0.2) is 13.2 Å². The molecule has 2 heterocycles. The molecule has 3 rings (SSSR count). The molecule has 9 nitrogen and oxygen atoms in total. The van der Waals surface area contributed by atoms with E-state index in [1.165, 1.54) is 21.1 Å². The number of carbonyl (C=O) groups excluding carboxylic acids is 2. The van der Waals surface area contributed by atoms with Gasteiger partial charge in [0.1, 0.15) is 22.4 Å². The van der Waals surface area contributed by atoms with Crippen molar-refractivity contribution in [2.24, 2.45) is 7.05 Å². The molecule has 1 aliphatic heterocycles. The number of aromatic nitrogens is 1. The highest BCUT2D eigenvalue weighted by Gasteiger charge is 2.40. The molecule has 1 N–H and O–H groups in total. The van der Waals surface area contributed by atoms with E-state index in [2.05, 4.69) is 5.32 Å². The summed E-state index contributed by atoms with van der Waals surface area (Å²) in [6.07, 6.45) is 2.34. The van der Waals surface area contributed by atoms with Gasteiger partial charge in [0.15, 0.2) is 0 Å². The van der Waals surface area contributed by atoms with Crippen molar-refractivity contribution < 1.29 is 27.5 Å². The summed E-state index contributed by atoms with van der Waals surface area (Å²) < 4.78 is 39.0. The molecule has 0 aliphatic carbocycles. The third kappa shape index (κ3) is 4.34. The van der Waals surface area contributed by atoms with Crippen molar-refractivity contribution in [3.05, 3.63) is 42.2 Å². The lowest BCUT2D eigenvalue weighted by Gasteiger charge is -2.23. The van der Waals surface area contributed by atoms with E-state index in [4.69, 9.17) is 9.47 Å². The second-order valence-electron chi connectivity index (χ2n) is 6.88. The fourth-order valence-corrected chi connectivity index (χ4v) is 5.14. The van der Waals surface area contributed by atoms with Gasteiger partial charge in [-0.15, -0.1) is 0 Å². The predicted molar refractivity (Wildman–Crippen MR) is 110 cm³/mol. The predicted octanol–water partition coefficient (Wildman–Crippen LogP) is 2.00. The largest absolute Gasteiger partial charge is 0.497 e. The lowest BCUT2D eigenvalue weighted by molar-refractivity contribution is -0.119. The van der Waals surface area contributed by atoms with Crippen molar-refractivity contribution in [1.29, 1.82) is 0 Å². The highest BCUT2D eigenvalue weighted by atomic mass is 32.2. The number of ether oxygens (including phenoxy) is 2. The number of carbonyl (C=O) groups is 2. The van der Waals surface area contributed by atoms with Crippen LogP contribution in [0.25, 0.3) is 0 Å². The van der Waals surface area contributed by atoms with Crippen LogP contribution in [0.15, 0.2) is 41.4 Å². The van der Waals surface area contributed by atoms with Gasteiger partial charge < -0.3 is 19.4 Å². The first-order valence-corrected chi connectivity index (χ1v) is 11.0. The Bertz CT molecular complexity index is 1030. The Kier molecular flexibility index (Phi) is 6.47. The van der Waals surface area contributed by atoms with Gasteiger partial charge in [0.2, 0.25) is 15.9 Å². The number of aryl methyl sites for hydroxylation is 1. The van der Waals surface area contributed by atoms with E-state index in [0.717, 1.165) is 0 Å². The van der Waals surface area contributed by atoms with Crippen molar-refractivity contribution in [1.82, 2.24) is 8.87 Å². The molecule has 0 saturated carbocycles. The molecule has 1 atom stereocenters. The third-order valence-electron chi connectivity index (χ3n) is 4.93. The monoisotopic (exact) mass is 435 g/mol. The van der Waals surface area contributed by atoms with Crippen LogP contribution in [0, 0.1) is 0 Å². The molecule has 0 bridgehead atoms. The fraction of sp³-hybridized carbons (Fsp3) is 0.400. The van der Waals surface area contributed by atoms with Crippen LogP contribution in [0.2, 0.25) is 0 Å². The molecular formula is C20H25N3O6S. The number of sulfonamides is 1. The van der Waals surface area contributed by atoms with Crippen LogP contribution in [-0.4, -0.2) is 55.5 Å². The van der Waals surface area contributed by atoms with Gasteiger partial charge in [-0.05, 0) is 50.1 Å². The number of anilines is 1. The molecule has 162 valence electrons. The molecule has 1 amide bonds. The Hall–Kier alpha value is -2.85. The van der Waals surface area contributed by atoms with E-state index < -0.39 is 27.9 Å². The van der Waals surface area contributed by atoms with E-state index in [1.807, 2.05) is 0 Å². The summed E-state index contributed by atoms with van der Waals surface area (Å²) in [6, 6.07) is 7.24. The van der Waals surface area contributed by atoms with Gasteiger partial charge in [0.25, 0.3) is 0 Å². The first-order valence-electron chi connectivity index (χ1n) is 9.58. The summed E-state index contributed by atoms with van der Waals surface area (Å²) in [7, 11) is -0.842. The Morgan fingerprint density at radius 2 is 1.93 bits per heavy atom. The number of nitrogens with zero attached hydrogens (tertiary/aromatic N) is 2. The van der Waals surface area contributed by atoms with Gasteiger partial charge in [0.05, 0.1) is 13.7 Å². The number of amides is 1. The number of nitrogens with one attached hydrogen (secondary N) is 1. The lowest BCUT2D eigenvalue weighted by Crippen LogP contribution is -2.43. The molecule has 1 aromatic heterocycles. The zero-order valence-corrected chi connectivity index (χ0v) is 17.9.